The van der Waals surface area contributed by atoms with Gasteiger partial charge in [0.2, 0.25) is 0 Å². The zero-order chi connectivity index (χ0) is 16.4. The number of hydrogen-bond donors (Lipinski definition) is 2. The Morgan fingerprint density at radius 2 is 2.00 bits per heavy atom. The first kappa shape index (κ1) is 15.6. The van der Waals surface area contributed by atoms with Gasteiger partial charge >= 0.3 is 0 Å². The average Bonchev–Trinajstić information content (AvgIpc) is 3.08. The number of carbonyl (C=O) groups excluding carboxylic acids is 2. The third kappa shape index (κ3) is 3.07. The van der Waals surface area contributed by atoms with Crippen LogP contribution in [0.1, 0.15) is 44.5 Å². The van der Waals surface area contributed by atoms with Crippen molar-refractivity contribution in [1.29, 1.82) is 0 Å². The molecule has 2 amide bonds. The van der Waals surface area contributed by atoms with E-state index in [9.17, 15) is 9.59 Å². The third-order valence-corrected chi connectivity index (χ3v) is 5.03. The van der Waals surface area contributed by atoms with Gasteiger partial charge in [-0.25, -0.2) is 0 Å². The molecular weight excluding hydrogens is 312 g/mol. The lowest BCUT2D eigenvalue weighted by atomic mass is 10.1. The Bertz CT molecular complexity index is 750. The number of fused-ring (bicyclic) bond motifs is 1. The van der Waals surface area contributed by atoms with Crippen LogP contribution in [-0.4, -0.2) is 18.4 Å². The van der Waals surface area contributed by atoms with E-state index >= 15 is 0 Å². The van der Waals surface area contributed by atoms with Gasteiger partial charge in [-0.2, -0.15) is 0 Å². The van der Waals surface area contributed by atoms with Crippen molar-refractivity contribution in [3.05, 3.63) is 45.8 Å². The van der Waals surface area contributed by atoms with Crippen molar-refractivity contribution >= 4 is 28.2 Å². The average molecular weight is 330 g/mol. The van der Waals surface area contributed by atoms with Crippen molar-refractivity contribution in [1.82, 2.24) is 0 Å². The lowest BCUT2D eigenvalue weighted by Crippen LogP contribution is -2.17. The van der Waals surface area contributed by atoms with Crippen LogP contribution in [0, 0.1) is 0 Å². The molecule has 0 saturated carbocycles. The van der Waals surface area contributed by atoms with Crippen LogP contribution in [-0.2, 0) is 12.8 Å². The van der Waals surface area contributed by atoms with E-state index in [1.807, 2.05) is 6.92 Å². The zero-order valence-corrected chi connectivity index (χ0v) is 13.7. The molecule has 3 rings (SSSR count). The molecule has 1 aliphatic carbocycles. The molecule has 1 aliphatic rings. The zero-order valence-electron chi connectivity index (χ0n) is 12.8. The standard InChI is InChI=1S/C17H18N2O3S/c1-2-22-11-8-6-10(7-9-11)16(21)19-17-14(15(18)20)12-4-3-5-13(12)23-17/h6-9H,2-5H2,1H3,(H2,18,20)(H,19,21). The highest BCUT2D eigenvalue weighted by Gasteiger charge is 2.26. The van der Waals surface area contributed by atoms with Crippen LogP contribution in [0.5, 0.6) is 5.75 Å². The highest BCUT2D eigenvalue weighted by molar-refractivity contribution is 7.17. The first-order chi connectivity index (χ1) is 11.1. The number of rotatable bonds is 5. The maximum Gasteiger partial charge on any atom is 0.256 e. The summed E-state index contributed by atoms with van der Waals surface area (Å²) in [6.07, 6.45) is 2.83. The predicted octanol–water partition coefficient (Wildman–Crippen LogP) is 2.99. The summed E-state index contributed by atoms with van der Waals surface area (Å²) in [6.45, 7) is 2.48. The SMILES string of the molecule is CCOc1ccc(C(=O)Nc2sc3c(c2C(N)=O)CCC3)cc1. The molecule has 1 aromatic carbocycles. The summed E-state index contributed by atoms with van der Waals surface area (Å²) in [4.78, 5) is 25.3. The van der Waals surface area contributed by atoms with E-state index in [0.717, 1.165) is 35.5 Å². The number of primary amides is 1. The van der Waals surface area contributed by atoms with Gasteiger partial charge < -0.3 is 15.8 Å². The maximum atomic E-state index is 12.4. The van der Waals surface area contributed by atoms with Gasteiger partial charge in [0, 0.05) is 10.4 Å². The molecule has 3 N–H and O–H groups in total. The number of carbonyl (C=O) groups is 2. The van der Waals surface area contributed by atoms with E-state index < -0.39 is 5.91 Å². The highest BCUT2D eigenvalue weighted by atomic mass is 32.1. The number of benzene rings is 1. The van der Waals surface area contributed by atoms with E-state index in [1.165, 1.54) is 11.3 Å². The Morgan fingerprint density at radius 1 is 1.26 bits per heavy atom. The Kier molecular flexibility index (Phi) is 4.34. The normalized spacial score (nSPS) is 12.7. The summed E-state index contributed by atoms with van der Waals surface area (Å²) in [5, 5.41) is 3.38. The van der Waals surface area contributed by atoms with Crippen molar-refractivity contribution in [3.63, 3.8) is 0 Å². The van der Waals surface area contributed by atoms with Crippen LogP contribution >= 0.6 is 11.3 Å². The predicted molar refractivity (Wildman–Crippen MR) is 90.4 cm³/mol. The topological polar surface area (TPSA) is 81.4 Å². The molecule has 1 aromatic heterocycles. The molecule has 6 heteroatoms. The van der Waals surface area contributed by atoms with Gasteiger partial charge in [0.1, 0.15) is 10.8 Å². The molecule has 0 fully saturated rings. The third-order valence-electron chi connectivity index (χ3n) is 3.82. The lowest BCUT2D eigenvalue weighted by Gasteiger charge is -2.07. The molecule has 0 aliphatic heterocycles. The summed E-state index contributed by atoms with van der Waals surface area (Å²) >= 11 is 1.45. The second kappa shape index (κ2) is 6.42. The summed E-state index contributed by atoms with van der Waals surface area (Å²) < 4.78 is 5.36. The van der Waals surface area contributed by atoms with E-state index in [1.54, 1.807) is 24.3 Å². The minimum Gasteiger partial charge on any atom is -0.494 e. The molecule has 2 aromatic rings. The second-order valence-electron chi connectivity index (χ2n) is 5.34. The number of ether oxygens (including phenoxy) is 1. The van der Waals surface area contributed by atoms with Crippen LogP contribution in [0.15, 0.2) is 24.3 Å². The van der Waals surface area contributed by atoms with Crippen molar-refractivity contribution in [2.24, 2.45) is 5.73 Å². The van der Waals surface area contributed by atoms with Crippen molar-refractivity contribution in [2.75, 3.05) is 11.9 Å². The summed E-state index contributed by atoms with van der Waals surface area (Å²) in [5.74, 6) is -0.0150. The van der Waals surface area contributed by atoms with Crippen LogP contribution < -0.4 is 15.8 Å². The molecule has 0 atom stereocenters. The van der Waals surface area contributed by atoms with Crippen LogP contribution in [0.4, 0.5) is 5.00 Å². The van der Waals surface area contributed by atoms with Gasteiger partial charge in [0.05, 0.1) is 12.2 Å². The van der Waals surface area contributed by atoms with E-state index in [2.05, 4.69) is 5.32 Å². The van der Waals surface area contributed by atoms with Crippen LogP contribution in [0.25, 0.3) is 0 Å². The number of thiophene rings is 1. The maximum absolute atomic E-state index is 12.4. The van der Waals surface area contributed by atoms with Gasteiger partial charge in [-0.15, -0.1) is 11.3 Å². The van der Waals surface area contributed by atoms with E-state index in [4.69, 9.17) is 10.5 Å². The van der Waals surface area contributed by atoms with Gasteiger partial charge in [-0.05, 0) is 56.0 Å². The summed E-state index contributed by atoms with van der Waals surface area (Å²) in [5.41, 5.74) is 7.49. The first-order valence-electron chi connectivity index (χ1n) is 7.58. The largest absolute Gasteiger partial charge is 0.494 e. The quantitative estimate of drug-likeness (QED) is 0.884. The van der Waals surface area contributed by atoms with Crippen LogP contribution in [0.3, 0.4) is 0 Å². The smallest absolute Gasteiger partial charge is 0.256 e. The highest BCUT2D eigenvalue weighted by Crippen LogP contribution is 2.39. The number of nitrogens with one attached hydrogen (secondary N) is 1. The van der Waals surface area contributed by atoms with Gasteiger partial charge in [-0.3, -0.25) is 9.59 Å². The Morgan fingerprint density at radius 3 is 2.65 bits per heavy atom. The molecule has 0 bridgehead atoms. The van der Waals surface area contributed by atoms with Crippen molar-refractivity contribution in [2.45, 2.75) is 26.2 Å². The fourth-order valence-corrected chi connectivity index (χ4v) is 4.09. The molecule has 23 heavy (non-hydrogen) atoms. The number of anilines is 1. The molecule has 0 saturated heterocycles. The molecule has 0 radical (unpaired) electrons. The van der Waals surface area contributed by atoms with Crippen molar-refractivity contribution < 1.29 is 14.3 Å². The van der Waals surface area contributed by atoms with E-state index in [0.29, 0.717) is 22.7 Å². The molecule has 120 valence electrons. The summed E-state index contributed by atoms with van der Waals surface area (Å²) in [6, 6.07) is 6.90. The van der Waals surface area contributed by atoms with Crippen molar-refractivity contribution in [3.8, 4) is 5.75 Å². The molecular formula is C17H18N2O3S. The number of nitrogens with two attached hydrogens (primary N) is 1. The molecule has 1 heterocycles. The Labute approximate surface area is 138 Å². The number of amides is 2. The molecule has 5 nitrogen and oxygen atoms in total. The van der Waals surface area contributed by atoms with E-state index in [-0.39, 0.29) is 5.91 Å². The minimum absolute atomic E-state index is 0.254. The fraction of sp³-hybridized carbons (Fsp3) is 0.294. The summed E-state index contributed by atoms with van der Waals surface area (Å²) in [7, 11) is 0. The fourth-order valence-electron chi connectivity index (χ4n) is 2.80. The second-order valence-corrected chi connectivity index (χ2v) is 6.44. The van der Waals surface area contributed by atoms with Gasteiger partial charge in [0.15, 0.2) is 0 Å². The lowest BCUT2D eigenvalue weighted by molar-refractivity contribution is 0.100. The first-order valence-corrected chi connectivity index (χ1v) is 8.40. The van der Waals surface area contributed by atoms with Crippen LogP contribution in [0.2, 0.25) is 0 Å². The van der Waals surface area contributed by atoms with Gasteiger partial charge in [-0.1, -0.05) is 0 Å². The number of hydrogen-bond acceptors (Lipinski definition) is 4. The Balaban J connectivity index is 1.82. The minimum atomic E-state index is -0.480. The monoisotopic (exact) mass is 330 g/mol. The number of aryl methyl sites for hydroxylation is 1. The molecule has 0 unspecified atom stereocenters. The Hall–Kier alpha value is -2.34. The molecule has 0 spiro atoms. The van der Waals surface area contributed by atoms with Gasteiger partial charge in [0.25, 0.3) is 11.8 Å².